The first-order valence-corrected chi connectivity index (χ1v) is 26.3. The molecule has 0 saturated carbocycles. The van der Waals surface area contributed by atoms with Crippen LogP contribution in [0.2, 0.25) is 0 Å². The fourth-order valence-corrected chi connectivity index (χ4v) is 6.09. The van der Waals surface area contributed by atoms with Crippen LogP contribution in [0.5, 0.6) is 0 Å². The van der Waals surface area contributed by atoms with E-state index in [9.17, 15) is 14.4 Å². The highest BCUT2D eigenvalue weighted by atomic mass is 16.6. The predicted molar refractivity (Wildman–Crippen MR) is 297 cm³/mol. The van der Waals surface area contributed by atoms with Crippen molar-refractivity contribution in [2.75, 3.05) is 13.2 Å². The van der Waals surface area contributed by atoms with Crippen LogP contribution in [0, 0.1) is 0 Å². The van der Waals surface area contributed by atoms with Gasteiger partial charge in [-0.15, -0.1) is 0 Å². The van der Waals surface area contributed by atoms with Crippen LogP contribution in [0.3, 0.4) is 0 Å². The van der Waals surface area contributed by atoms with Gasteiger partial charge < -0.3 is 14.2 Å². The average Bonchev–Trinajstić information content (AvgIpc) is 3.35. The average molecular weight is 945 g/mol. The highest BCUT2D eigenvalue weighted by Crippen LogP contribution is 2.09. The first-order chi connectivity index (χ1) is 34.0. The lowest BCUT2D eigenvalue weighted by Gasteiger charge is -2.18. The first kappa shape index (κ1) is 63.5. The Morgan fingerprint density at radius 2 is 0.551 bits per heavy atom. The largest absolute Gasteiger partial charge is 0.462 e. The Bertz CT molecular complexity index is 1700. The summed E-state index contributed by atoms with van der Waals surface area (Å²) < 4.78 is 16.6. The van der Waals surface area contributed by atoms with Gasteiger partial charge in [-0.3, -0.25) is 14.4 Å². The van der Waals surface area contributed by atoms with Gasteiger partial charge in [-0.05, 0) is 128 Å². The molecular formula is C63H92O6. The molecule has 0 fully saturated rings. The molecule has 0 aromatic carbocycles. The molecule has 0 spiro atoms. The van der Waals surface area contributed by atoms with Gasteiger partial charge in [0.2, 0.25) is 0 Å². The Kier molecular flexibility index (Phi) is 50.7. The van der Waals surface area contributed by atoms with Crippen molar-refractivity contribution in [1.82, 2.24) is 0 Å². The van der Waals surface area contributed by atoms with Crippen LogP contribution in [0.15, 0.2) is 182 Å². The van der Waals surface area contributed by atoms with Gasteiger partial charge in [-0.1, -0.05) is 209 Å². The van der Waals surface area contributed by atoms with E-state index in [0.29, 0.717) is 19.3 Å². The van der Waals surface area contributed by atoms with Crippen LogP contribution < -0.4 is 0 Å². The topological polar surface area (TPSA) is 78.9 Å². The third-order valence-corrected chi connectivity index (χ3v) is 9.91. The monoisotopic (exact) mass is 945 g/mol. The van der Waals surface area contributed by atoms with E-state index in [4.69, 9.17) is 14.2 Å². The normalized spacial score (nSPS) is 13.6. The zero-order chi connectivity index (χ0) is 50.0. The number of carbonyl (C=O) groups excluding carboxylic acids is 3. The van der Waals surface area contributed by atoms with E-state index in [0.717, 1.165) is 116 Å². The summed E-state index contributed by atoms with van der Waals surface area (Å²) in [6.07, 6.45) is 83.3. The molecule has 1 unspecified atom stereocenters. The van der Waals surface area contributed by atoms with E-state index in [1.807, 2.05) is 24.3 Å². The number of hydrogen-bond donors (Lipinski definition) is 0. The minimum atomic E-state index is -0.872. The van der Waals surface area contributed by atoms with Crippen LogP contribution in [-0.4, -0.2) is 37.2 Å². The van der Waals surface area contributed by atoms with Crippen molar-refractivity contribution in [2.24, 2.45) is 0 Å². The summed E-state index contributed by atoms with van der Waals surface area (Å²) in [5.41, 5.74) is 0. The molecule has 380 valence electrons. The number of rotatable bonds is 44. The number of esters is 3. The van der Waals surface area contributed by atoms with E-state index >= 15 is 0 Å². The molecule has 0 saturated heterocycles. The molecule has 0 amide bonds. The van der Waals surface area contributed by atoms with Gasteiger partial charge in [0.15, 0.2) is 6.10 Å². The summed E-state index contributed by atoms with van der Waals surface area (Å²) in [4.78, 5) is 38.0. The Hall–Kier alpha value is -5.49. The first-order valence-electron chi connectivity index (χ1n) is 26.3. The summed E-state index contributed by atoms with van der Waals surface area (Å²) in [7, 11) is 0. The summed E-state index contributed by atoms with van der Waals surface area (Å²) in [6, 6.07) is 0. The smallest absolute Gasteiger partial charge is 0.306 e. The van der Waals surface area contributed by atoms with Gasteiger partial charge in [-0.2, -0.15) is 0 Å². The standard InChI is InChI=1S/C63H92O6/c1-4-7-10-13-16-19-22-25-28-31-32-33-36-38-41-44-47-50-53-56-62(65)68-59-60(69-63(66)57-54-51-48-45-42-39-35-30-27-24-21-18-15-12-9-6-3)58-67-61(64)55-52-49-46-43-40-37-34-29-26-23-20-17-14-11-8-5-2/h7-12,16-21,25-30,32-33,37-42,47-48,50-51,60H,4-6,13-15,22-24,31,34-36,43-46,49,52-59H2,1-3H3/b10-7-,11-8-,12-9-,19-16-,20-17-,21-18-,28-25-,29-26-,30-27-,33-32-,40-37-,41-38-,42-39-,50-47-,51-48-. The fourth-order valence-electron chi connectivity index (χ4n) is 6.09. The Labute approximate surface area is 421 Å². The highest BCUT2D eigenvalue weighted by Gasteiger charge is 2.19. The van der Waals surface area contributed by atoms with Crippen LogP contribution in [0.1, 0.15) is 175 Å². The Morgan fingerprint density at radius 3 is 0.870 bits per heavy atom. The Balaban J connectivity index is 4.71. The molecule has 0 N–H and O–H groups in total. The predicted octanol–water partition coefficient (Wildman–Crippen LogP) is 17.7. The second kappa shape index (κ2) is 55.1. The van der Waals surface area contributed by atoms with Gasteiger partial charge >= 0.3 is 17.9 Å². The third-order valence-electron chi connectivity index (χ3n) is 9.91. The summed E-state index contributed by atoms with van der Waals surface area (Å²) in [6.45, 7) is 6.10. The molecular weight excluding hydrogens is 853 g/mol. The minimum absolute atomic E-state index is 0.158. The molecule has 0 aromatic rings. The molecule has 6 heteroatoms. The number of allylic oxidation sites excluding steroid dienone is 30. The summed E-state index contributed by atoms with van der Waals surface area (Å²) in [5, 5.41) is 0. The zero-order valence-electron chi connectivity index (χ0n) is 43.2. The molecule has 0 bridgehead atoms. The molecule has 69 heavy (non-hydrogen) atoms. The van der Waals surface area contributed by atoms with Crippen molar-refractivity contribution in [1.29, 1.82) is 0 Å². The van der Waals surface area contributed by atoms with Gasteiger partial charge in [0, 0.05) is 19.3 Å². The zero-order valence-corrected chi connectivity index (χ0v) is 43.2. The fraction of sp³-hybridized carbons (Fsp3) is 0.476. The maximum atomic E-state index is 12.8. The number of carbonyl (C=O) groups is 3. The van der Waals surface area contributed by atoms with E-state index in [1.54, 1.807) is 0 Å². The van der Waals surface area contributed by atoms with Crippen molar-refractivity contribution in [3.05, 3.63) is 182 Å². The molecule has 0 aliphatic heterocycles. The van der Waals surface area contributed by atoms with Crippen molar-refractivity contribution in [3.63, 3.8) is 0 Å². The number of hydrogen-bond acceptors (Lipinski definition) is 6. The van der Waals surface area contributed by atoms with Gasteiger partial charge in [0.25, 0.3) is 0 Å². The van der Waals surface area contributed by atoms with E-state index < -0.39 is 18.0 Å². The van der Waals surface area contributed by atoms with Crippen LogP contribution >= 0.6 is 0 Å². The van der Waals surface area contributed by atoms with Gasteiger partial charge in [0.05, 0.1) is 0 Å². The van der Waals surface area contributed by atoms with Crippen LogP contribution in [0.25, 0.3) is 0 Å². The number of ether oxygens (including phenoxy) is 3. The van der Waals surface area contributed by atoms with E-state index in [-0.39, 0.29) is 38.4 Å². The maximum Gasteiger partial charge on any atom is 0.306 e. The lowest BCUT2D eigenvalue weighted by atomic mass is 10.1. The maximum absolute atomic E-state index is 12.8. The summed E-state index contributed by atoms with van der Waals surface area (Å²) >= 11 is 0. The molecule has 0 heterocycles. The van der Waals surface area contributed by atoms with Crippen LogP contribution in [0.4, 0.5) is 0 Å². The van der Waals surface area contributed by atoms with Crippen molar-refractivity contribution < 1.29 is 28.6 Å². The minimum Gasteiger partial charge on any atom is -0.462 e. The molecule has 0 aliphatic rings. The second-order valence-corrected chi connectivity index (χ2v) is 16.3. The molecule has 0 aromatic heterocycles. The molecule has 6 nitrogen and oxygen atoms in total. The quantitative estimate of drug-likeness (QED) is 0.0262. The van der Waals surface area contributed by atoms with Gasteiger partial charge in [-0.25, -0.2) is 0 Å². The SMILES string of the molecule is CC/C=C\C/C=C\C/C=C\C/C=C\C/C=C\C/C=C\CCC(=O)OCC(COC(=O)CCCCC/C=C\C/C=C\C/C=C\C/C=C\CC)OC(=O)CC/C=C\C/C=C\C/C=C\C/C=C\C/C=C\CC. The Morgan fingerprint density at radius 1 is 0.290 bits per heavy atom. The molecule has 0 radical (unpaired) electrons. The highest BCUT2D eigenvalue weighted by molar-refractivity contribution is 5.71. The van der Waals surface area contributed by atoms with Gasteiger partial charge in [0.1, 0.15) is 13.2 Å². The lowest BCUT2D eigenvalue weighted by molar-refractivity contribution is -0.166. The molecule has 1 atom stereocenters. The summed E-state index contributed by atoms with van der Waals surface area (Å²) in [5.74, 6) is -1.18. The van der Waals surface area contributed by atoms with E-state index in [2.05, 4.69) is 179 Å². The van der Waals surface area contributed by atoms with Crippen molar-refractivity contribution in [2.45, 2.75) is 181 Å². The number of unbranched alkanes of at least 4 members (excludes halogenated alkanes) is 3. The van der Waals surface area contributed by atoms with Crippen molar-refractivity contribution >= 4 is 17.9 Å². The second-order valence-electron chi connectivity index (χ2n) is 16.3. The lowest BCUT2D eigenvalue weighted by Crippen LogP contribution is -2.30. The molecule has 0 rings (SSSR count). The van der Waals surface area contributed by atoms with E-state index in [1.165, 1.54) is 0 Å². The van der Waals surface area contributed by atoms with Crippen LogP contribution in [-0.2, 0) is 28.6 Å². The third kappa shape index (κ3) is 53.3. The van der Waals surface area contributed by atoms with Crippen molar-refractivity contribution in [3.8, 4) is 0 Å². The molecule has 0 aliphatic carbocycles.